The number of hydrogen-bond acceptors (Lipinski definition) is 5. The number of carbonyl (C=O) groups excluding carboxylic acids is 2. The molecule has 7 nitrogen and oxygen atoms in total. The molecular formula is C23H33N3O4. The Kier molecular flexibility index (Phi) is 6.41. The number of likely N-dealkylation sites (tertiary alicyclic amines) is 1. The van der Waals surface area contributed by atoms with E-state index in [1.165, 1.54) is 0 Å². The largest absolute Gasteiger partial charge is 0.347 e. The van der Waals surface area contributed by atoms with Gasteiger partial charge in [-0.25, -0.2) is 0 Å². The Bertz CT molecular complexity index is 777. The van der Waals surface area contributed by atoms with Gasteiger partial charge in [-0.1, -0.05) is 12.1 Å². The third-order valence-electron chi connectivity index (χ3n) is 6.38. The topological polar surface area (TPSA) is 71.1 Å². The number of hydrogen-bond donors (Lipinski definition) is 1. The van der Waals surface area contributed by atoms with Crippen LogP contribution in [0.15, 0.2) is 18.2 Å². The van der Waals surface area contributed by atoms with Gasteiger partial charge in [-0.2, -0.15) is 0 Å². The Morgan fingerprint density at radius 2 is 1.87 bits per heavy atom. The molecule has 1 N–H and O–H groups in total. The van der Waals surface area contributed by atoms with Crippen molar-refractivity contribution < 1.29 is 19.1 Å². The van der Waals surface area contributed by atoms with E-state index in [4.69, 9.17) is 9.47 Å². The zero-order valence-electron chi connectivity index (χ0n) is 18.1. The molecule has 1 aromatic rings. The highest BCUT2D eigenvalue weighted by atomic mass is 16.7. The molecule has 0 bridgehead atoms. The van der Waals surface area contributed by atoms with Crippen molar-refractivity contribution in [1.82, 2.24) is 9.80 Å². The summed E-state index contributed by atoms with van der Waals surface area (Å²) >= 11 is 0. The van der Waals surface area contributed by atoms with Gasteiger partial charge in [-0.05, 0) is 43.9 Å². The third kappa shape index (κ3) is 5.20. The second-order valence-corrected chi connectivity index (χ2v) is 8.81. The minimum absolute atomic E-state index is 0.0153. The lowest BCUT2D eigenvalue weighted by molar-refractivity contribution is -0.187. The summed E-state index contributed by atoms with van der Waals surface area (Å²) in [5.41, 5.74) is 3.04. The summed E-state index contributed by atoms with van der Waals surface area (Å²) in [4.78, 5) is 29.4. The number of anilines is 1. The molecule has 0 radical (unpaired) electrons. The summed E-state index contributed by atoms with van der Waals surface area (Å²) in [6.07, 6.45) is 4.13. The molecule has 2 aliphatic heterocycles. The Morgan fingerprint density at radius 1 is 1.17 bits per heavy atom. The van der Waals surface area contributed by atoms with Gasteiger partial charge in [0.15, 0.2) is 5.79 Å². The molecule has 4 rings (SSSR count). The van der Waals surface area contributed by atoms with Crippen molar-refractivity contribution in [2.24, 2.45) is 0 Å². The van der Waals surface area contributed by atoms with E-state index >= 15 is 0 Å². The molecule has 0 unspecified atom stereocenters. The van der Waals surface area contributed by atoms with Crippen LogP contribution in [0.25, 0.3) is 0 Å². The first-order chi connectivity index (χ1) is 14.4. The number of rotatable bonds is 7. The second kappa shape index (κ2) is 9.04. The standard InChI is InChI=1S/C23H33N3O4/c1-17-3-4-18(2)20(15-17)24-21(27)16-26(19-5-6-19)10-7-22(28)25-11-8-23(9-12-25)29-13-14-30-23/h3-4,15,19H,5-14,16H2,1-2H3,(H,24,27). The van der Waals surface area contributed by atoms with Gasteiger partial charge >= 0.3 is 0 Å². The number of benzene rings is 1. The molecule has 1 aliphatic carbocycles. The van der Waals surface area contributed by atoms with E-state index in [0.717, 1.165) is 42.5 Å². The average molecular weight is 416 g/mol. The van der Waals surface area contributed by atoms with Crippen molar-refractivity contribution in [1.29, 1.82) is 0 Å². The first-order valence-electron chi connectivity index (χ1n) is 11.1. The van der Waals surface area contributed by atoms with E-state index in [-0.39, 0.29) is 11.8 Å². The van der Waals surface area contributed by atoms with Gasteiger partial charge in [0.25, 0.3) is 0 Å². The zero-order chi connectivity index (χ0) is 21.1. The van der Waals surface area contributed by atoms with Crippen LogP contribution in [0.5, 0.6) is 0 Å². The van der Waals surface area contributed by atoms with Gasteiger partial charge in [0.2, 0.25) is 11.8 Å². The summed E-state index contributed by atoms with van der Waals surface area (Å²) in [7, 11) is 0. The van der Waals surface area contributed by atoms with Gasteiger partial charge in [-0.15, -0.1) is 0 Å². The molecular weight excluding hydrogens is 382 g/mol. The fourth-order valence-corrected chi connectivity index (χ4v) is 4.35. The van der Waals surface area contributed by atoms with E-state index in [1.54, 1.807) is 0 Å². The van der Waals surface area contributed by atoms with Crippen molar-refractivity contribution >= 4 is 17.5 Å². The average Bonchev–Trinajstić information content (AvgIpc) is 3.48. The first-order valence-corrected chi connectivity index (χ1v) is 11.1. The Morgan fingerprint density at radius 3 is 2.53 bits per heavy atom. The molecule has 30 heavy (non-hydrogen) atoms. The van der Waals surface area contributed by atoms with Crippen LogP contribution >= 0.6 is 0 Å². The lowest BCUT2D eigenvalue weighted by Crippen LogP contribution is -2.48. The maximum Gasteiger partial charge on any atom is 0.238 e. The van der Waals surface area contributed by atoms with Crippen LogP contribution in [0.4, 0.5) is 5.69 Å². The normalized spacial score (nSPS) is 20.7. The van der Waals surface area contributed by atoms with E-state index in [2.05, 4.69) is 10.2 Å². The summed E-state index contributed by atoms with van der Waals surface area (Å²) in [5, 5.41) is 3.04. The maximum absolute atomic E-state index is 12.7. The molecule has 1 spiro atoms. The van der Waals surface area contributed by atoms with Crippen molar-refractivity contribution in [3.8, 4) is 0 Å². The predicted molar refractivity (Wildman–Crippen MR) is 114 cm³/mol. The summed E-state index contributed by atoms with van der Waals surface area (Å²) in [6.45, 7) is 7.61. The predicted octanol–water partition coefficient (Wildman–Crippen LogP) is 2.46. The van der Waals surface area contributed by atoms with Crippen LogP contribution in [0, 0.1) is 13.8 Å². The highest BCUT2D eigenvalue weighted by Crippen LogP contribution is 2.32. The quantitative estimate of drug-likeness (QED) is 0.741. The zero-order valence-corrected chi connectivity index (χ0v) is 18.1. The molecule has 7 heteroatoms. The minimum atomic E-state index is -0.456. The summed E-state index contributed by atoms with van der Waals surface area (Å²) in [6, 6.07) is 6.49. The first kappa shape index (κ1) is 21.3. The highest BCUT2D eigenvalue weighted by Gasteiger charge is 2.40. The van der Waals surface area contributed by atoms with Crippen LogP contribution < -0.4 is 5.32 Å². The maximum atomic E-state index is 12.7. The minimum Gasteiger partial charge on any atom is -0.347 e. The fourth-order valence-electron chi connectivity index (χ4n) is 4.35. The van der Waals surface area contributed by atoms with Crippen molar-refractivity contribution in [3.05, 3.63) is 29.3 Å². The van der Waals surface area contributed by atoms with Gasteiger partial charge in [0.05, 0.1) is 19.8 Å². The van der Waals surface area contributed by atoms with Gasteiger partial charge in [-0.3, -0.25) is 14.5 Å². The SMILES string of the molecule is Cc1ccc(C)c(NC(=O)CN(CCC(=O)N2CCC3(CC2)OCCO3)C2CC2)c1. The van der Waals surface area contributed by atoms with E-state index < -0.39 is 5.79 Å². The lowest BCUT2D eigenvalue weighted by atomic mass is 10.0. The molecule has 2 amide bonds. The van der Waals surface area contributed by atoms with E-state index in [0.29, 0.717) is 51.9 Å². The molecule has 3 aliphatic rings. The number of aryl methyl sites for hydroxylation is 2. The Labute approximate surface area is 178 Å². The fraction of sp³-hybridized carbons (Fsp3) is 0.652. The van der Waals surface area contributed by atoms with Crippen LogP contribution in [-0.4, -0.2) is 72.8 Å². The molecule has 0 aromatic heterocycles. The number of nitrogens with one attached hydrogen (secondary N) is 1. The molecule has 0 atom stereocenters. The van der Waals surface area contributed by atoms with Crippen molar-refractivity contribution in [2.45, 2.75) is 57.8 Å². The van der Waals surface area contributed by atoms with E-state index in [1.807, 2.05) is 36.9 Å². The summed E-state index contributed by atoms with van der Waals surface area (Å²) in [5.74, 6) is -0.315. The second-order valence-electron chi connectivity index (χ2n) is 8.81. The molecule has 164 valence electrons. The van der Waals surface area contributed by atoms with E-state index in [9.17, 15) is 9.59 Å². The van der Waals surface area contributed by atoms with Crippen LogP contribution in [0.3, 0.4) is 0 Å². The molecule has 1 saturated carbocycles. The lowest BCUT2D eigenvalue weighted by Gasteiger charge is -2.37. The molecule has 3 fully saturated rings. The summed E-state index contributed by atoms with van der Waals surface area (Å²) < 4.78 is 11.5. The monoisotopic (exact) mass is 415 g/mol. The highest BCUT2D eigenvalue weighted by molar-refractivity contribution is 5.93. The molecule has 2 saturated heterocycles. The smallest absolute Gasteiger partial charge is 0.238 e. The number of nitrogens with zero attached hydrogens (tertiary/aromatic N) is 2. The number of amides is 2. The molecule has 1 aromatic carbocycles. The van der Waals surface area contributed by atoms with Crippen LogP contribution in [-0.2, 0) is 19.1 Å². The Hall–Kier alpha value is -1.96. The number of carbonyl (C=O) groups is 2. The van der Waals surface area contributed by atoms with Crippen molar-refractivity contribution in [2.75, 3.05) is 44.7 Å². The van der Waals surface area contributed by atoms with Gasteiger partial charge in [0, 0.05) is 50.6 Å². The van der Waals surface area contributed by atoms with Crippen molar-refractivity contribution in [3.63, 3.8) is 0 Å². The third-order valence-corrected chi connectivity index (χ3v) is 6.38. The van der Waals surface area contributed by atoms with Gasteiger partial charge in [0.1, 0.15) is 0 Å². The number of piperidine rings is 1. The van der Waals surface area contributed by atoms with Crippen LogP contribution in [0.1, 0.15) is 43.2 Å². The Balaban J connectivity index is 1.25. The molecule has 2 heterocycles. The number of ether oxygens (including phenoxy) is 2. The van der Waals surface area contributed by atoms with Gasteiger partial charge < -0.3 is 19.7 Å². The van der Waals surface area contributed by atoms with Crippen LogP contribution in [0.2, 0.25) is 0 Å².